The first-order valence-corrected chi connectivity index (χ1v) is 6.62. The van der Waals surface area contributed by atoms with E-state index in [1.54, 1.807) is 24.3 Å². The number of hydrogen-bond donors (Lipinski definition) is 2. The third-order valence-electron chi connectivity index (χ3n) is 2.97. The molecule has 5 nitrogen and oxygen atoms in total. The molecule has 0 unspecified atom stereocenters. The molecule has 6 heteroatoms. The fourth-order valence-electron chi connectivity index (χ4n) is 2.12. The van der Waals surface area contributed by atoms with Gasteiger partial charge in [-0.05, 0) is 43.1 Å². The lowest BCUT2D eigenvalue weighted by molar-refractivity contribution is 0.00718. The first kappa shape index (κ1) is 15.5. The maximum Gasteiger partial charge on any atom is 0.508 e. The normalized spacial score (nSPS) is 11.5. The molecule has 0 fully saturated rings. The highest BCUT2D eigenvalue weighted by molar-refractivity contribution is 6.63. The Bertz CT molecular complexity index is 666. The number of carbonyl (C=O) groups is 1. The summed E-state index contributed by atoms with van der Waals surface area (Å²) in [6.07, 6.45) is 0. The lowest BCUT2D eigenvalue weighted by Crippen LogP contribution is -2.37. The zero-order valence-corrected chi connectivity index (χ0v) is 12.3. The van der Waals surface area contributed by atoms with Gasteiger partial charge in [0.1, 0.15) is 5.60 Å². The van der Waals surface area contributed by atoms with Crippen LogP contribution in [0.4, 0.5) is 0 Å². The van der Waals surface area contributed by atoms with E-state index in [0.717, 1.165) is 0 Å². The smallest absolute Gasteiger partial charge is 0.456 e. The molecule has 2 aromatic carbocycles. The molecule has 21 heavy (non-hydrogen) atoms. The predicted octanol–water partition coefficient (Wildman–Crippen LogP) is 1.37. The van der Waals surface area contributed by atoms with Crippen molar-refractivity contribution in [2.75, 3.05) is 0 Å². The Morgan fingerprint density at radius 2 is 1.76 bits per heavy atom. The molecular formula is C15H18BNO4. The van der Waals surface area contributed by atoms with Crippen LogP contribution in [0, 0.1) is 0 Å². The molecule has 0 radical (unpaired) electrons. The van der Waals surface area contributed by atoms with Gasteiger partial charge in [0.15, 0.2) is 0 Å². The second-order valence-electron chi connectivity index (χ2n) is 5.74. The summed E-state index contributed by atoms with van der Waals surface area (Å²) in [6.45, 7) is 5.44. The summed E-state index contributed by atoms with van der Waals surface area (Å²) in [5.74, 6) is 4.63. The lowest BCUT2D eigenvalue weighted by atomic mass is 9.76. The minimum atomic E-state index is -1.25. The Morgan fingerprint density at radius 3 is 2.33 bits per heavy atom. The maximum absolute atomic E-state index is 12.3. The van der Waals surface area contributed by atoms with Gasteiger partial charge in [0.05, 0.1) is 5.56 Å². The predicted molar refractivity (Wildman–Crippen MR) is 82.0 cm³/mol. The molecule has 0 atom stereocenters. The quantitative estimate of drug-likeness (QED) is 0.506. The van der Waals surface area contributed by atoms with Crippen LogP contribution >= 0.6 is 0 Å². The van der Waals surface area contributed by atoms with E-state index in [0.29, 0.717) is 21.8 Å². The average molecular weight is 287 g/mol. The number of ether oxygens (including phenoxy) is 1. The molecule has 110 valence electrons. The highest BCUT2D eigenvalue weighted by Crippen LogP contribution is 2.20. The molecule has 0 aliphatic heterocycles. The zero-order valence-electron chi connectivity index (χ0n) is 12.3. The fourth-order valence-corrected chi connectivity index (χ4v) is 2.12. The van der Waals surface area contributed by atoms with Crippen molar-refractivity contribution in [3.63, 3.8) is 0 Å². The molecule has 0 heterocycles. The summed E-state index contributed by atoms with van der Waals surface area (Å²) in [5.41, 5.74) is 0.366. The highest BCUT2D eigenvalue weighted by Gasteiger charge is 2.23. The first-order valence-electron chi connectivity index (χ1n) is 6.62. The molecular weight excluding hydrogens is 269 g/mol. The van der Waals surface area contributed by atoms with Crippen molar-refractivity contribution in [2.45, 2.75) is 26.4 Å². The SMILES string of the molecule is CC(C)(C)OC(=O)c1ccc(B(O)ON)c2ccccc12. The van der Waals surface area contributed by atoms with Gasteiger partial charge >= 0.3 is 13.1 Å². The van der Waals surface area contributed by atoms with Gasteiger partial charge in [-0.25, -0.2) is 10.7 Å². The summed E-state index contributed by atoms with van der Waals surface area (Å²) >= 11 is 0. The van der Waals surface area contributed by atoms with E-state index < -0.39 is 18.7 Å². The van der Waals surface area contributed by atoms with Crippen LogP contribution in [0.25, 0.3) is 10.8 Å². The van der Waals surface area contributed by atoms with E-state index >= 15 is 0 Å². The standard InChI is InChI=1S/C15H18BNO4/c1-15(2,3)20-14(18)12-8-9-13(16(19)21-17)11-7-5-4-6-10(11)12/h4-9,19H,17H2,1-3H3. The Balaban J connectivity index is 2.55. The number of carbonyl (C=O) groups excluding carboxylic acids is 1. The van der Waals surface area contributed by atoms with Gasteiger partial charge in [-0.2, -0.15) is 0 Å². The second kappa shape index (κ2) is 5.85. The van der Waals surface area contributed by atoms with Crippen LogP contribution in [0.3, 0.4) is 0 Å². The van der Waals surface area contributed by atoms with Crippen LogP contribution in [0.2, 0.25) is 0 Å². The number of fused-ring (bicyclic) bond motifs is 1. The van der Waals surface area contributed by atoms with Gasteiger partial charge in [0, 0.05) is 0 Å². The van der Waals surface area contributed by atoms with Crippen LogP contribution in [0.5, 0.6) is 0 Å². The molecule has 0 saturated carbocycles. The Labute approximate surface area is 123 Å². The number of esters is 1. The van der Waals surface area contributed by atoms with Crippen molar-refractivity contribution in [3.05, 3.63) is 42.0 Å². The van der Waals surface area contributed by atoms with E-state index in [2.05, 4.69) is 4.76 Å². The van der Waals surface area contributed by atoms with Crippen molar-refractivity contribution in [2.24, 2.45) is 5.90 Å². The monoisotopic (exact) mass is 287 g/mol. The molecule has 0 aliphatic rings. The average Bonchev–Trinajstić information content (AvgIpc) is 2.43. The topological polar surface area (TPSA) is 81.8 Å². The van der Waals surface area contributed by atoms with Gasteiger partial charge < -0.3 is 14.5 Å². The zero-order chi connectivity index (χ0) is 15.6. The molecule has 0 saturated heterocycles. The van der Waals surface area contributed by atoms with Gasteiger partial charge in [0.25, 0.3) is 0 Å². The summed E-state index contributed by atoms with van der Waals surface area (Å²) < 4.78 is 9.87. The minimum absolute atomic E-state index is 0.409. The van der Waals surface area contributed by atoms with Crippen LogP contribution < -0.4 is 11.4 Å². The number of rotatable bonds is 3. The molecule has 0 aliphatic carbocycles. The van der Waals surface area contributed by atoms with E-state index in [1.807, 2.05) is 32.9 Å². The maximum atomic E-state index is 12.3. The molecule has 0 amide bonds. The van der Waals surface area contributed by atoms with Crippen LogP contribution in [0.1, 0.15) is 31.1 Å². The molecule has 2 rings (SSSR count). The van der Waals surface area contributed by atoms with Crippen molar-refractivity contribution in [1.82, 2.24) is 0 Å². The summed E-state index contributed by atoms with van der Waals surface area (Å²) in [4.78, 5) is 12.3. The van der Waals surface area contributed by atoms with Crippen molar-refractivity contribution >= 4 is 29.3 Å². The molecule has 0 spiro atoms. The van der Waals surface area contributed by atoms with E-state index in [-0.39, 0.29) is 0 Å². The lowest BCUT2D eigenvalue weighted by Gasteiger charge is -2.20. The van der Waals surface area contributed by atoms with E-state index in [1.165, 1.54) is 0 Å². The first-order chi connectivity index (χ1) is 9.83. The second-order valence-corrected chi connectivity index (χ2v) is 5.74. The Kier molecular flexibility index (Phi) is 4.32. The largest absolute Gasteiger partial charge is 0.508 e. The third-order valence-corrected chi connectivity index (χ3v) is 2.97. The van der Waals surface area contributed by atoms with Crippen molar-refractivity contribution < 1.29 is 19.3 Å². The third kappa shape index (κ3) is 3.42. The highest BCUT2D eigenvalue weighted by atomic mass is 16.6. The molecule has 0 aromatic heterocycles. The molecule has 2 aromatic rings. The van der Waals surface area contributed by atoms with Gasteiger partial charge in [-0.3, -0.25) is 0 Å². The van der Waals surface area contributed by atoms with E-state index in [4.69, 9.17) is 10.6 Å². The van der Waals surface area contributed by atoms with Gasteiger partial charge in [-0.1, -0.05) is 30.3 Å². The van der Waals surface area contributed by atoms with Crippen LogP contribution in [-0.2, 0) is 9.49 Å². The number of benzene rings is 2. The minimum Gasteiger partial charge on any atom is -0.456 e. The molecule has 0 bridgehead atoms. The summed E-state index contributed by atoms with van der Waals surface area (Å²) in [6, 6.07) is 10.4. The Hall–Kier alpha value is -1.89. The molecule has 3 N–H and O–H groups in total. The van der Waals surface area contributed by atoms with Crippen LogP contribution in [0.15, 0.2) is 36.4 Å². The van der Waals surface area contributed by atoms with Crippen molar-refractivity contribution in [1.29, 1.82) is 0 Å². The Morgan fingerprint density at radius 1 is 1.14 bits per heavy atom. The number of hydrogen-bond acceptors (Lipinski definition) is 5. The van der Waals surface area contributed by atoms with Gasteiger partial charge in [0.2, 0.25) is 0 Å². The fraction of sp³-hybridized carbons (Fsp3) is 0.267. The summed E-state index contributed by atoms with van der Waals surface area (Å²) in [5, 5.41) is 11.2. The van der Waals surface area contributed by atoms with Crippen LogP contribution in [-0.4, -0.2) is 23.7 Å². The van der Waals surface area contributed by atoms with Gasteiger partial charge in [-0.15, -0.1) is 0 Å². The van der Waals surface area contributed by atoms with E-state index in [9.17, 15) is 9.82 Å². The number of nitrogens with two attached hydrogens (primary N) is 1. The summed E-state index contributed by atoms with van der Waals surface area (Å²) in [7, 11) is -1.25. The van der Waals surface area contributed by atoms with Crippen molar-refractivity contribution in [3.8, 4) is 0 Å².